The van der Waals surface area contributed by atoms with Crippen LogP contribution in [0.25, 0.3) is 0 Å². The Morgan fingerprint density at radius 3 is 2.53 bits per heavy atom. The van der Waals surface area contributed by atoms with Crippen LogP contribution >= 0.6 is 27.5 Å². The van der Waals surface area contributed by atoms with Gasteiger partial charge in [0.25, 0.3) is 0 Å². The number of halogens is 2. The number of rotatable bonds is 6. The minimum absolute atomic E-state index is 0.154. The Kier molecular flexibility index (Phi) is 6.95. The Balaban J connectivity index is 1.64. The van der Waals surface area contributed by atoms with E-state index in [0.29, 0.717) is 16.4 Å². The normalized spacial score (nSPS) is 11.8. The van der Waals surface area contributed by atoms with E-state index in [1.807, 2.05) is 44.2 Å². The molecule has 0 radical (unpaired) electrons. The summed E-state index contributed by atoms with van der Waals surface area (Å²) >= 11 is 9.73. The van der Waals surface area contributed by atoms with Crippen molar-refractivity contribution in [2.75, 3.05) is 10.6 Å². The summed E-state index contributed by atoms with van der Waals surface area (Å²) in [7, 11) is 0. The second-order valence-corrected chi connectivity index (χ2v) is 8.41. The van der Waals surface area contributed by atoms with E-state index in [1.165, 1.54) is 0 Å². The molecule has 0 bridgehead atoms. The standard InChI is InChI=1S/C22H22BrClN4O2/c1-13-9-14(2)28(27-13)15(3)22(30)26-20-8-7-18(12-19(20)24)25-21(29)11-16-5-4-6-17(23)10-16/h4-10,12,15H,11H2,1-3H3,(H,25,29)(H,26,30). The van der Waals surface area contributed by atoms with Crippen molar-refractivity contribution in [3.63, 3.8) is 0 Å². The molecule has 0 saturated heterocycles. The fourth-order valence-electron chi connectivity index (χ4n) is 3.12. The van der Waals surface area contributed by atoms with Crippen LogP contribution in [0.3, 0.4) is 0 Å². The molecule has 0 saturated carbocycles. The summed E-state index contributed by atoms with van der Waals surface area (Å²) in [4.78, 5) is 24.9. The molecule has 0 spiro atoms. The van der Waals surface area contributed by atoms with Crippen molar-refractivity contribution in [2.24, 2.45) is 0 Å². The predicted octanol–water partition coefficient (Wildman–Crippen LogP) is 5.30. The zero-order valence-corrected chi connectivity index (χ0v) is 19.2. The Morgan fingerprint density at radius 2 is 1.90 bits per heavy atom. The average molecular weight is 490 g/mol. The van der Waals surface area contributed by atoms with Gasteiger partial charge in [-0.1, -0.05) is 39.7 Å². The first-order chi connectivity index (χ1) is 14.2. The first-order valence-electron chi connectivity index (χ1n) is 9.40. The van der Waals surface area contributed by atoms with Gasteiger partial charge in [0.15, 0.2) is 0 Å². The van der Waals surface area contributed by atoms with Crippen LogP contribution in [0.4, 0.5) is 11.4 Å². The van der Waals surface area contributed by atoms with Crippen LogP contribution < -0.4 is 10.6 Å². The molecule has 30 heavy (non-hydrogen) atoms. The molecule has 0 aliphatic carbocycles. The molecule has 8 heteroatoms. The van der Waals surface area contributed by atoms with Gasteiger partial charge in [-0.3, -0.25) is 14.3 Å². The molecule has 1 aromatic heterocycles. The van der Waals surface area contributed by atoms with Crippen molar-refractivity contribution >= 4 is 50.7 Å². The smallest absolute Gasteiger partial charge is 0.248 e. The van der Waals surface area contributed by atoms with Gasteiger partial charge in [-0.05, 0) is 62.7 Å². The van der Waals surface area contributed by atoms with Crippen LogP contribution in [-0.4, -0.2) is 21.6 Å². The number of anilines is 2. The molecule has 6 nitrogen and oxygen atoms in total. The molecule has 2 aromatic carbocycles. The van der Waals surface area contributed by atoms with Crippen LogP contribution in [0, 0.1) is 13.8 Å². The minimum Gasteiger partial charge on any atom is -0.326 e. The number of benzene rings is 2. The number of aromatic nitrogens is 2. The number of carbonyl (C=O) groups is 2. The van der Waals surface area contributed by atoms with E-state index in [0.717, 1.165) is 21.4 Å². The highest BCUT2D eigenvalue weighted by Crippen LogP contribution is 2.27. The van der Waals surface area contributed by atoms with E-state index in [1.54, 1.807) is 29.8 Å². The Hall–Kier alpha value is -2.64. The molecule has 0 aliphatic heterocycles. The lowest BCUT2D eigenvalue weighted by Crippen LogP contribution is -2.25. The van der Waals surface area contributed by atoms with E-state index in [4.69, 9.17) is 11.6 Å². The molecule has 2 amide bonds. The number of carbonyl (C=O) groups excluding carboxylic acids is 2. The van der Waals surface area contributed by atoms with Gasteiger partial charge < -0.3 is 10.6 Å². The van der Waals surface area contributed by atoms with Gasteiger partial charge in [0, 0.05) is 15.9 Å². The van der Waals surface area contributed by atoms with Gasteiger partial charge in [0.1, 0.15) is 6.04 Å². The number of hydrogen-bond donors (Lipinski definition) is 2. The largest absolute Gasteiger partial charge is 0.326 e. The highest BCUT2D eigenvalue weighted by atomic mass is 79.9. The summed E-state index contributed by atoms with van der Waals surface area (Å²) < 4.78 is 2.60. The maximum absolute atomic E-state index is 12.6. The van der Waals surface area contributed by atoms with Crippen LogP contribution in [0.1, 0.15) is 29.9 Å². The fraction of sp³-hybridized carbons (Fsp3) is 0.227. The molecule has 156 valence electrons. The molecular formula is C22H22BrClN4O2. The van der Waals surface area contributed by atoms with Gasteiger partial charge >= 0.3 is 0 Å². The highest BCUT2D eigenvalue weighted by Gasteiger charge is 2.19. The van der Waals surface area contributed by atoms with Crippen molar-refractivity contribution < 1.29 is 9.59 Å². The third-order valence-electron chi connectivity index (χ3n) is 4.56. The van der Waals surface area contributed by atoms with E-state index >= 15 is 0 Å². The van der Waals surface area contributed by atoms with Crippen LogP contribution in [0.2, 0.25) is 5.02 Å². The van der Waals surface area contributed by atoms with Crippen LogP contribution in [0.15, 0.2) is 53.0 Å². The second-order valence-electron chi connectivity index (χ2n) is 7.09. The highest BCUT2D eigenvalue weighted by molar-refractivity contribution is 9.10. The third-order valence-corrected chi connectivity index (χ3v) is 5.36. The number of hydrogen-bond acceptors (Lipinski definition) is 3. The molecule has 1 unspecified atom stereocenters. The topological polar surface area (TPSA) is 76.0 Å². The second kappa shape index (κ2) is 9.45. The SMILES string of the molecule is Cc1cc(C)n(C(C)C(=O)Nc2ccc(NC(=O)Cc3cccc(Br)c3)cc2Cl)n1. The summed E-state index contributed by atoms with van der Waals surface area (Å²) in [5.41, 5.74) is 3.69. The number of nitrogens with one attached hydrogen (secondary N) is 2. The molecule has 0 aliphatic rings. The van der Waals surface area contributed by atoms with Crippen molar-refractivity contribution in [3.8, 4) is 0 Å². The predicted molar refractivity (Wildman–Crippen MR) is 123 cm³/mol. The molecule has 1 atom stereocenters. The number of nitrogens with zero attached hydrogens (tertiary/aromatic N) is 2. The monoisotopic (exact) mass is 488 g/mol. The molecule has 1 heterocycles. The summed E-state index contributed by atoms with van der Waals surface area (Å²) in [5.74, 6) is -0.381. The lowest BCUT2D eigenvalue weighted by atomic mass is 10.1. The van der Waals surface area contributed by atoms with Crippen LogP contribution in [-0.2, 0) is 16.0 Å². The summed E-state index contributed by atoms with van der Waals surface area (Å²) in [5, 5.41) is 10.3. The van der Waals surface area contributed by atoms with E-state index < -0.39 is 6.04 Å². The molecule has 3 rings (SSSR count). The van der Waals surface area contributed by atoms with Gasteiger partial charge in [0.05, 0.1) is 22.8 Å². The average Bonchev–Trinajstić information content (AvgIpc) is 3.01. The number of amides is 2. The zero-order chi connectivity index (χ0) is 21.8. The van der Waals surface area contributed by atoms with E-state index in [9.17, 15) is 9.59 Å². The lowest BCUT2D eigenvalue weighted by molar-refractivity contribution is -0.119. The quantitative estimate of drug-likeness (QED) is 0.493. The Labute approximate surface area is 188 Å². The Bertz CT molecular complexity index is 1100. The number of aryl methyl sites for hydroxylation is 2. The lowest BCUT2D eigenvalue weighted by Gasteiger charge is -2.16. The third kappa shape index (κ3) is 5.49. The van der Waals surface area contributed by atoms with Crippen LogP contribution in [0.5, 0.6) is 0 Å². The summed E-state index contributed by atoms with van der Waals surface area (Å²) in [6.07, 6.45) is 0.246. The molecular weight excluding hydrogens is 468 g/mol. The zero-order valence-electron chi connectivity index (χ0n) is 16.9. The summed E-state index contributed by atoms with van der Waals surface area (Å²) in [6.45, 7) is 5.57. The van der Waals surface area contributed by atoms with Gasteiger partial charge in [0.2, 0.25) is 11.8 Å². The minimum atomic E-state index is -0.487. The molecule has 3 aromatic rings. The van der Waals surface area contributed by atoms with Crippen molar-refractivity contribution in [1.82, 2.24) is 9.78 Å². The first-order valence-corrected chi connectivity index (χ1v) is 10.6. The maximum atomic E-state index is 12.6. The van der Waals surface area contributed by atoms with Crippen molar-refractivity contribution in [3.05, 3.63) is 75.0 Å². The molecule has 2 N–H and O–H groups in total. The Morgan fingerprint density at radius 1 is 1.13 bits per heavy atom. The van der Waals surface area contributed by atoms with Gasteiger partial charge in [-0.25, -0.2) is 0 Å². The van der Waals surface area contributed by atoms with E-state index in [2.05, 4.69) is 31.7 Å². The maximum Gasteiger partial charge on any atom is 0.248 e. The van der Waals surface area contributed by atoms with E-state index in [-0.39, 0.29) is 18.2 Å². The first kappa shape index (κ1) is 22.1. The van der Waals surface area contributed by atoms with Gasteiger partial charge in [-0.2, -0.15) is 5.10 Å². The summed E-state index contributed by atoms with van der Waals surface area (Å²) in [6, 6.07) is 14.0. The van der Waals surface area contributed by atoms with Crippen molar-refractivity contribution in [1.29, 1.82) is 0 Å². The van der Waals surface area contributed by atoms with Gasteiger partial charge in [-0.15, -0.1) is 0 Å². The van der Waals surface area contributed by atoms with Crippen molar-refractivity contribution in [2.45, 2.75) is 33.2 Å². The fourth-order valence-corrected chi connectivity index (χ4v) is 3.79. The molecule has 0 fully saturated rings.